The van der Waals surface area contributed by atoms with Crippen molar-refractivity contribution in [3.63, 3.8) is 0 Å². The van der Waals surface area contributed by atoms with Gasteiger partial charge in [0.15, 0.2) is 0 Å². The molecule has 3 atom stereocenters. The molecule has 6 aromatic rings. The second-order valence-electron chi connectivity index (χ2n) is 21.0. The third kappa shape index (κ3) is 12.2. The van der Waals surface area contributed by atoms with Crippen molar-refractivity contribution in [3.8, 4) is 33.1 Å². The molecular weight excluding hydrogens is 1010 g/mol. The van der Waals surface area contributed by atoms with Crippen LogP contribution >= 0.6 is 11.3 Å². The topological polar surface area (TPSA) is 196 Å². The Kier molecular flexibility index (Phi) is 17.4. The number of carbonyl (C=O) groups is 4. The van der Waals surface area contributed by atoms with E-state index in [0.717, 1.165) is 80.3 Å². The summed E-state index contributed by atoms with van der Waals surface area (Å²) in [7, 11) is 0. The summed E-state index contributed by atoms with van der Waals surface area (Å²) in [5.74, 6) is -0.221. The molecule has 3 aliphatic heterocycles. The van der Waals surface area contributed by atoms with Gasteiger partial charge in [-0.25, -0.2) is 4.98 Å². The fourth-order valence-electron chi connectivity index (χ4n) is 11.2. The predicted octanol–water partition coefficient (Wildman–Crippen LogP) is 8.44. The van der Waals surface area contributed by atoms with Crippen LogP contribution in [0.2, 0.25) is 0 Å². The Balaban J connectivity index is 0.855. The Hall–Kier alpha value is -7.34. The predicted molar refractivity (Wildman–Crippen MR) is 302 cm³/mol. The van der Waals surface area contributed by atoms with Crippen molar-refractivity contribution < 1.29 is 38.5 Å². The number of likely N-dealkylation sites (tertiary alicyclic amines) is 1. The van der Waals surface area contributed by atoms with E-state index in [1.165, 1.54) is 16.2 Å². The Bertz CT molecular complexity index is 3220. The first-order valence-electron chi connectivity index (χ1n) is 27.1. The van der Waals surface area contributed by atoms with Gasteiger partial charge in [0, 0.05) is 98.5 Å². The molecule has 4 amide bonds. The number of aliphatic hydroxyl groups is 1. The Morgan fingerprint density at radius 2 is 1.64 bits per heavy atom. The highest BCUT2D eigenvalue weighted by Crippen LogP contribution is 2.36. The molecule has 3 aliphatic rings. The number of aryl methyl sites for hydroxylation is 3. The number of β-amino-alcohol motifs (C(OH)–C–C–N with tert-alkyl or cyclic N) is 1. The number of aliphatic hydroxyl groups excluding tert-OH is 1. The molecular formula is C61H71N7O9S. The summed E-state index contributed by atoms with van der Waals surface area (Å²) in [5.41, 5.74) is 11.9. The third-order valence-electron chi connectivity index (χ3n) is 15.3. The first kappa shape index (κ1) is 55.4. The van der Waals surface area contributed by atoms with E-state index in [2.05, 4.69) is 38.5 Å². The number of carbonyl (C=O) groups excluding carboxylic acids is 4. The molecule has 0 aliphatic carbocycles. The van der Waals surface area contributed by atoms with Crippen LogP contribution < -0.4 is 30.6 Å². The number of rotatable bonds is 20. The molecule has 0 spiro atoms. The smallest absolute Gasteiger partial charge is 0.255 e. The number of nitrogens with one attached hydrogen (secondary N) is 3. The number of aromatic amines is 1. The number of anilines is 1. The van der Waals surface area contributed by atoms with Crippen LogP contribution in [0.4, 0.5) is 5.69 Å². The molecule has 4 aromatic carbocycles. The maximum absolute atomic E-state index is 14.4. The molecule has 4 N–H and O–H groups in total. The number of fused-ring (bicyclic) bond motifs is 1. The first-order valence-corrected chi connectivity index (χ1v) is 28.0. The standard InChI is InChI=1S/C61H71N7O9S/c1-8-66(46-20-24-75-25-21-46)52-28-45(27-50(39(52)6)57(70)63-32-51-37(4)26-38(5)65-58(51)71)41-16-18-48(19-17-41)76-22-11-23-77-54-29-42(56-40(7)64-35-78-56)14-15-43(54)31-62-59(72)53-30-47(69)34-67(53)61(74)55(36(2)3)68-33-44-12-9-10-13-49(44)60(68)73/h9-10,12-19,26-29,35-36,46-47,53,55,69H,8,11,20-25,30-34H2,1-7H3,(H,62,72)(H,63,70)(H,65,71)/t47-,53+,55+/m1/s1. The third-order valence-corrected chi connectivity index (χ3v) is 16.3. The highest BCUT2D eigenvalue weighted by molar-refractivity contribution is 7.13. The molecule has 2 saturated heterocycles. The summed E-state index contributed by atoms with van der Waals surface area (Å²) >= 11 is 1.53. The van der Waals surface area contributed by atoms with Crippen LogP contribution in [-0.2, 0) is 34.0 Å². The zero-order valence-corrected chi connectivity index (χ0v) is 46.5. The normalized spacial score (nSPS) is 16.8. The average Bonchev–Trinajstić information content (AvgIpc) is 4.26. The molecule has 78 heavy (non-hydrogen) atoms. The summed E-state index contributed by atoms with van der Waals surface area (Å²) < 4.78 is 18.4. The van der Waals surface area contributed by atoms with Gasteiger partial charge in [-0.3, -0.25) is 24.0 Å². The lowest BCUT2D eigenvalue weighted by molar-refractivity contribution is -0.143. The second kappa shape index (κ2) is 24.5. The summed E-state index contributed by atoms with van der Waals surface area (Å²) in [6.07, 6.45) is 1.51. The van der Waals surface area contributed by atoms with Crippen molar-refractivity contribution in [2.75, 3.05) is 44.4 Å². The average molecular weight is 1080 g/mol. The van der Waals surface area contributed by atoms with Crippen LogP contribution in [0.3, 0.4) is 0 Å². The van der Waals surface area contributed by atoms with Crippen molar-refractivity contribution in [2.24, 2.45) is 5.92 Å². The van der Waals surface area contributed by atoms with E-state index in [4.69, 9.17) is 14.2 Å². The molecule has 9 rings (SSSR count). The molecule has 0 unspecified atom stereocenters. The van der Waals surface area contributed by atoms with Gasteiger partial charge in [0.1, 0.15) is 23.6 Å². The van der Waals surface area contributed by atoms with Gasteiger partial charge in [-0.15, -0.1) is 11.3 Å². The molecule has 0 radical (unpaired) electrons. The quantitative estimate of drug-likeness (QED) is 0.0536. The van der Waals surface area contributed by atoms with Gasteiger partial charge in [-0.1, -0.05) is 56.3 Å². The summed E-state index contributed by atoms with van der Waals surface area (Å²) in [4.78, 5) is 82.6. The van der Waals surface area contributed by atoms with E-state index in [9.17, 15) is 29.1 Å². The second-order valence-corrected chi connectivity index (χ2v) is 21.8. The number of nitrogens with zero attached hydrogens (tertiary/aromatic N) is 4. The molecule has 410 valence electrons. The van der Waals surface area contributed by atoms with E-state index in [0.29, 0.717) is 67.6 Å². The van der Waals surface area contributed by atoms with Crippen LogP contribution in [0, 0.1) is 33.6 Å². The van der Waals surface area contributed by atoms with E-state index in [1.807, 2.05) is 114 Å². The monoisotopic (exact) mass is 1080 g/mol. The number of hydrogen-bond acceptors (Lipinski definition) is 12. The maximum atomic E-state index is 14.4. The van der Waals surface area contributed by atoms with Crippen LogP contribution in [0.5, 0.6) is 11.5 Å². The van der Waals surface area contributed by atoms with E-state index in [-0.39, 0.29) is 61.3 Å². The van der Waals surface area contributed by atoms with Crippen molar-refractivity contribution in [1.82, 2.24) is 30.4 Å². The SMILES string of the molecule is CCN(c1cc(-c2ccc(OCCCOc3cc(-c4scnc4C)ccc3CNC(=O)[C@@H]3C[C@@H](O)CN3C(=O)[C@H](C(C)C)N3Cc4ccccc4C3=O)cc2)cc(C(=O)NCc2c(C)cc(C)[nH]c2=O)c1C)C1CCOCC1. The number of thiazole rings is 1. The van der Waals surface area contributed by atoms with Crippen LogP contribution in [0.1, 0.15) is 106 Å². The number of hydrogen-bond donors (Lipinski definition) is 4. The maximum Gasteiger partial charge on any atom is 0.255 e. The number of amides is 4. The van der Waals surface area contributed by atoms with Gasteiger partial charge in [0.05, 0.1) is 35.4 Å². The number of pyridine rings is 1. The highest BCUT2D eigenvalue weighted by atomic mass is 32.1. The number of aromatic nitrogens is 2. The van der Waals surface area contributed by atoms with Gasteiger partial charge in [0.25, 0.3) is 17.4 Å². The molecule has 5 heterocycles. The lowest BCUT2D eigenvalue weighted by Crippen LogP contribution is -2.55. The first-order chi connectivity index (χ1) is 37.6. The van der Waals surface area contributed by atoms with Crippen LogP contribution in [0.25, 0.3) is 21.6 Å². The van der Waals surface area contributed by atoms with Crippen molar-refractivity contribution >= 4 is 40.7 Å². The van der Waals surface area contributed by atoms with Crippen molar-refractivity contribution in [3.05, 3.63) is 151 Å². The van der Waals surface area contributed by atoms with Crippen LogP contribution in [0.15, 0.2) is 95.2 Å². The van der Waals surface area contributed by atoms with Crippen molar-refractivity contribution in [1.29, 1.82) is 0 Å². The van der Waals surface area contributed by atoms with Crippen LogP contribution in [-0.4, -0.2) is 112 Å². The molecule has 16 nitrogen and oxygen atoms in total. The lowest BCUT2D eigenvalue weighted by atomic mass is 9.95. The minimum atomic E-state index is -0.927. The van der Waals surface area contributed by atoms with Crippen molar-refractivity contribution in [2.45, 2.75) is 118 Å². The van der Waals surface area contributed by atoms with Gasteiger partial charge in [0.2, 0.25) is 11.8 Å². The molecule has 2 fully saturated rings. The largest absolute Gasteiger partial charge is 0.493 e. The minimum absolute atomic E-state index is 0.0107. The Morgan fingerprint density at radius 1 is 0.897 bits per heavy atom. The zero-order chi connectivity index (χ0) is 55.2. The Morgan fingerprint density at radius 3 is 2.35 bits per heavy atom. The van der Waals surface area contributed by atoms with Gasteiger partial charge < -0.3 is 49.6 Å². The zero-order valence-electron chi connectivity index (χ0n) is 45.6. The number of ether oxygens (including phenoxy) is 3. The molecule has 2 aromatic heterocycles. The van der Waals surface area contributed by atoms with E-state index >= 15 is 0 Å². The number of H-pyrrole nitrogens is 1. The summed E-state index contributed by atoms with van der Waals surface area (Å²) in [5, 5.41) is 16.9. The molecule has 0 saturated carbocycles. The molecule has 17 heteroatoms. The van der Waals surface area contributed by atoms with E-state index < -0.39 is 24.1 Å². The number of benzene rings is 4. The highest BCUT2D eigenvalue weighted by Gasteiger charge is 2.46. The fourth-order valence-corrected chi connectivity index (χ4v) is 12.0. The Labute approximate surface area is 460 Å². The van der Waals surface area contributed by atoms with Gasteiger partial charge >= 0.3 is 0 Å². The summed E-state index contributed by atoms with van der Waals surface area (Å²) in [6, 6.07) is 25.5. The minimum Gasteiger partial charge on any atom is -0.493 e. The summed E-state index contributed by atoms with van der Waals surface area (Å²) in [6.45, 7) is 16.9. The molecule has 0 bridgehead atoms. The fraction of sp³-hybridized carbons (Fsp3) is 0.410. The van der Waals surface area contributed by atoms with Gasteiger partial charge in [-0.05, 0) is 129 Å². The van der Waals surface area contributed by atoms with Gasteiger partial charge in [-0.2, -0.15) is 0 Å². The van der Waals surface area contributed by atoms with E-state index in [1.54, 1.807) is 16.5 Å². The lowest BCUT2D eigenvalue weighted by Gasteiger charge is -2.37.